The van der Waals surface area contributed by atoms with Gasteiger partial charge in [-0.3, -0.25) is 9.78 Å². The third kappa shape index (κ3) is 4.15. The number of carbonyl (C=O) groups is 1. The molecule has 0 fully saturated rings. The first-order chi connectivity index (χ1) is 17.2. The molecule has 5 nitrogen and oxygen atoms in total. The van der Waals surface area contributed by atoms with Crippen LogP contribution < -0.4 is 0 Å². The van der Waals surface area contributed by atoms with Crippen molar-refractivity contribution in [3.05, 3.63) is 132 Å². The van der Waals surface area contributed by atoms with Gasteiger partial charge >= 0.3 is 0 Å². The number of hydrogen-bond acceptors (Lipinski definition) is 4. The number of ketones is 1. The van der Waals surface area contributed by atoms with Gasteiger partial charge in [0.25, 0.3) is 0 Å². The topological polar surface area (TPSA) is 57.7 Å². The highest BCUT2D eigenvalue weighted by molar-refractivity contribution is 6.12. The van der Waals surface area contributed by atoms with Crippen LogP contribution in [0.25, 0.3) is 22.0 Å². The number of nitrogens with zero attached hydrogens (tertiary/aromatic N) is 4. The number of pyridine rings is 1. The lowest BCUT2D eigenvalue weighted by Gasteiger charge is -2.05. The van der Waals surface area contributed by atoms with E-state index in [4.69, 9.17) is 0 Å². The molecule has 1 aliphatic heterocycles. The third-order valence-electron chi connectivity index (χ3n) is 6.15. The van der Waals surface area contributed by atoms with Gasteiger partial charge in [0.1, 0.15) is 5.22 Å². The Hall–Kier alpha value is -4.77. The molecule has 0 saturated heterocycles. The second-order valence-corrected chi connectivity index (χ2v) is 8.43. The monoisotopic (exact) mass is 453 g/mol. The summed E-state index contributed by atoms with van der Waals surface area (Å²) < 4.78 is 1.86. The maximum Gasteiger partial charge on any atom is 0.231 e. The molecule has 0 N–H and O–H groups in total. The predicted molar refractivity (Wildman–Crippen MR) is 137 cm³/mol. The number of rotatable bonds is 5. The highest BCUT2D eigenvalue weighted by Gasteiger charge is 2.25. The molecule has 166 valence electrons. The normalized spacial score (nSPS) is 12.9. The van der Waals surface area contributed by atoms with Gasteiger partial charge in [0.05, 0.1) is 10.8 Å². The Morgan fingerprint density at radius 1 is 0.686 bits per heavy atom. The molecule has 1 aromatic heterocycles. The van der Waals surface area contributed by atoms with Crippen LogP contribution in [0, 0.1) is 0 Å². The minimum Gasteiger partial charge on any atom is -0.289 e. The molecule has 4 aromatic carbocycles. The molecule has 5 heteroatoms. The van der Waals surface area contributed by atoms with Crippen molar-refractivity contribution >= 4 is 28.0 Å². The lowest BCUT2D eigenvalue weighted by atomic mass is 9.97. The van der Waals surface area contributed by atoms with Crippen LogP contribution in [-0.4, -0.2) is 27.7 Å². The van der Waals surface area contributed by atoms with Crippen molar-refractivity contribution in [3.63, 3.8) is 0 Å². The Kier molecular flexibility index (Phi) is 5.28. The van der Waals surface area contributed by atoms with Crippen molar-refractivity contribution in [1.29, 1.82) is 0 Å². The van der Waals surface area contributed by atoms with E-state index in [-0.39, 0.29) is 5.78 Å². The van der Waals surface area contributed by atoms with Crippen molar-refractivity contribution in [2.24, 2.45) is 10.3 Å². The standard InChI is InChI=1S/C30H21N4O/c35-30(26-15-14-21-7-1-2-8-22(21)17-26)25-11-5-9-23(18-25)29-20-34(33-32-29)27-12-6-10-24(19-27)28-13-3-4-16-31-28/h1-19H,20H2/q+1. The van der Waals surface area contributed by atoms with E-state index in [0.717, 1.165) is 39.0 Å². The fourth-order valence-corrected chi connectivity index (χ4v) is 4.30. The summed E-state index contributed by atoms with van der Waals surface area (Å²) in [4.78, 5) is 17.7. The molecule has 0 atom stereocenters. The molecule has 0 amide bonds. The van der Waals surface area contributed by atoms with Gasteiger partial charge in [-0.25, -0.2) is 0 Å². The molecule has 1 aliphatic rings. The molecular weight excluding hydrogens is 432 g/mol. The Bertz CT molecular complexity index is 1640. The number of fused-ring (bicyclic) bond motifs is 1. The summed E-state index contributed by atoms with van der Waals surface area (Å²) in [7, 11) is 0. The Balaban J connectivity index is 1.23. The lowest BCUT2D eigenvalue weighted by molar-refractivity contribution is -0.492. The van der Waals surface area contributed by atoms with Gasteiger partial charge in [-0.1, -0.05) is 72.8 Å². The van der Waals surface area contributed by atoms with Gasteiger partial charge in [0, 0.05) is 28.5 Å². The average molecular weight is 454 g/mol. The van der Waals surface area contributed by atoms with E-state index < -0.39 is 0 Å². The molecule has 0 saturated carbocycles. The maximum absolute atomic E-state index is 13.2. The molecule has 35 heavy (non-hydrogen) atoms. The quantitative estimate of drug-likeness (QED) is 0.221. The zero-order valence-electron chi connectivity index (χ0n) is 18.9. The Morgan fingerprint density at radius 3 is 2.37 bits per heavy atom. The van der Waals surface area contributed by atoms with Crippen molar-refractivity contribution in [1.82, 2.24) is 4.98 Å². The minimum atomic E-state index is -0.00643. The minimum absolute atomic E-state index is 0.00643. The number of aromatic nitrogens is 1. The van der Waals surface area contributed by atoms with Gasteiger partial charge in [0.15, 0.2) is 18.0 Å². The van der Waals surface area contributed by atoms with Crippen LogP contribution >= 0.6 is 0 Å². The number of benzene rings is 4. The smallest absolute Gasteiger partial charge is 0.231 e. The molecule has 5 aromatic rings. The highest BCUT2D eigenvalue weighted by atomic mass is 16.1. The molecule has 0 bridgehead atoms. The number of carbonyl (C=O) groups excluding carboxylic acids is 1. The first-order valence-corrected chi connectivity index (χ1v) is 11.4. The van der Waals surface area contributed by atoms with E-state index in [9.17, 15) is 4.79 Å². The van der Waals surface area contributed by atoms with Crippen molar-refractivity contribution < 1.29 is 9.49 Å². The molecular formula is C30H21N4O+. The van der Waals surface area contributed by atoms with Gasteiger partial charge in [-0.15, -0.1) is 4.70 Å². The van der Waals surface area contributed by atoms with Crippen LogP contribution in [0.1, 0.15) is 21.5 Å². The van der Waals surface area contributed by atoms with Gasteiger partial charge in [0.2, 0.25) is 5.71 Å². The van der Waals surface area contributed by atoms with E-state index in [1.165, 1.54) is 0 Å². The molecule has 2 heterocycles. The first kappa shape index (κ1) is 20.8. The van der Waals surface area contributed by atoms with Gasteiger partial charge in [-0.05, 0) is 47.2 Å². The summed E-state index contributed by atoms with van der Waals surface area (Å²) in [5.74, 6) is -0.00643. The van der Waals surface area contributed by atoms with Crippen LogP contribution in [-0.2, 0) is 0 Å². The molecule has 6 rings (SSSR count). The average Bonchev–Trinajstić information content (AvgIpc) is 3.44. The first-order valence-electron chi connectivity index (χ1n) is 11.4. The summed E-state index contributed by atoms with van der Waals surface area (Å²) in [5.41, 5.74) is 5.90. The summed E-state index contributed by atoms with van der Waals surface area (Å²) in [6.07, 6.45) is 1.79. The fraction of sp³-hybridized carbons (Fsp3) is 0.0333. The van der Waals surface area contributed by atoms with E-state index in [0.29, 0.717) is 17.7 Å². The summed E-state index contributed by atoms with van der Waals surface area (Å²) in [6, 6.07) is 35.5. The molecule has 0 radical (unpaired) electrons. The molecule has 0 unspecified atom stereocenters. The molecule has 0 aliphatic carbocycles. The van der Waals surface area contributed by atoms with Crippen LogP contribution in [0.4, 0.5) is 5.69 Å². The Labute approximate surface area is 202 Å². The zero-order chi connectivity index (χ0) is 23.6. The largest absolute Gasteiger partial charge is 0.289 e. The van der Waals surface area contributed by atoms with E-state index in [1.54, 1.807) is 6.20 Å². The fourth-order valence-electron chi connectivity index (χ4n) is 4.30. The van der Waals surface area contributed by atoms with Gasteiger partial charge in [-0.2, -0.15) is 0 Å². The summed E-state index contributed by atoms with van der Waals surface area (Å²) in [5, 5.41) is 11.0. The second kappa shape index (κ2) is 8.88. The van der Waals surface area contributed by atoms with Crippen molar-refractivity contribution in [2.45, 2.75) is 0 Å². The van der Waals surface area contributed by atoms with Crippen LogP contribution in [0.3, 0.4) is 0 Å². The molecule has 0 spiro atoms. The SMILES string of the molecule is O=C(c1cccc(C2=NN=[N+](c3cccc(-c4ccccn4)c3)C2)c1)c1ccc2ccccc2c1. The van der Waals surface area contributed by atoms with Crippen molar-refractivity contribution in [3.8, 4) is 11.3 Å². The predicted octanol–water partition coefficient (Wildman–Crippen LogP) is 6.65. The van der Waals surface area contributed by atoms with Crippen LogP contribution in [0.15, 0.2) is 126 Å². The van der Waals surface area contributed by atoms with Gasteiger partial charge < -0.3 is 0 Å². The zero-order valence-corrected chi connectivity index (χ0v) is 18.9. The van der Waals surface area contributed by atoms with E-state index >= 15 is 0 Å². The number of hydrogen-bond donors (Lipinski definition) is 0. The maximum atomic E-state index is 13.2. The second-order valence-electron chi connectivity index (χ2n) is 8.43. The van der Waals surface area contributed by atoms with Crippen molar-refractivity contribution in [2.75, 3.05) is 6.54 Å². The Morgan fingerprint density at radius 2 is 1.49 bits per heavy atom. The summed E-state index contributed by atoms with van der Waals surface area (Å²) in [6.45, 7) is 0.527. The van der Waals surface area contributed by atoms with E-state index in [2.05, 4.69) is 21.4 Å². The van der Waals surface area contributed by atoms with E-state index in [1.807, 2.05) is 108 Å². The van der Waals surface area contributed by atoms with Crippen LogP contribution in [0.5, 0.6) is 0 Å². The highest BCUT2D eigenvalue weighted by Crippen LogP contribution is 2.25. The third-order valence-corrected chi connectivity index (χ3v) is 6.15. The van der Waals surface area contributed by atoms with Crippen LogP contribution in [0.2, 0.25) is 0 Å². The lowest BCUT2D eigenvalue weighted by Crippen LogP contribution is -2.12. The summed E-state index contributed by atoms with van der Waals surface area (Å²) >= 11 is 0.